The summed E-state index contributed by atoms with van der Waals surface area (Å²) < 4.78 is 37.7. The lowest BCUT2D eigenvalue weighted by atomic mass is 10.1. The predicted octanol–water partition coefficient (Wildman–Crippen LogP) is 5.34. The molecule has 4 rings (SSSR count). The number of fused-ring (bicyclic) bond motifs is 1. The van der Waals surface area contributed by atoms with Crippen LogP contribution in [0.25, 0.3) is 10.8 Å². The number of rotatable bonds is 8. The van der Waals surface area contributed by atoms with Crippen molar-refractivity contribution in [2.75, 3.05) is 7.11 Å². The Balaban J connectivity index is 1.44. The van der Waals surface area contributed by atoms with Gasteiger partial charge in [0.25, 0.3) is 10.0 Å². The molecule has 0 saturated carbocycles. The van der Waals surface area contributed by atoms with Crippen molar-refractivity contribution in [2.24, 2.45) is 5.10 Å². The van der Waals surface area contributed by atoms with Crippen molar-refractivity contribution < 1.29 is 17.9 Å². The molecule has 0 spiro atoms. The predicted molar refractivity (Wildman–Crippen MR) is 138 cm³/mol. The highest BCUT2D eigenvalue weighted by atomic mass is 127. The highest BCUT2D eigenvalue weighted by molar-refractivity contribution is 14.1. The molecule has 0 saturated heterocycles. The number of hydrazone groups is 1. The molecular formula is C25H21IN2O4S. The number of hydrogen-bond donors (Lipinski definition) is 1. The minimum atomic E-state index is -3.79. The lowest BCUT2D eigenvalue weighted by Gasteiger charge is -2.11. The number of halogens is 1. The molecule has 4 aromatic rings. The summed E-state index contributed by atoms with van der Waals surface area (Å²) in [5.41, 5.74) is 1.71. The molecule has 0 unspecified atom stereocenters. The molecule has 0 atom stereocenters. The topological polar surface area (TPSA) is 77.0 Å². The third-order valence-corrected chi connectivity index (χ3v) is 6.85. The fourth-order valence-electron chi connectivity index (χ4n) is 3.18. The Morgan fingerprint density at radius 3 is 2.42 bits per heavy atom. The third-order valence-electron chi connectivity index (χ3n) is 4.91. The summed E-state index contributed by atoms with van der Waals surface area (Å²) in [6.07, 6.45) is 1.42. The maximum Gasteiger partial charge on any atom is 0.276 e. The maximum atomic E-state index is 12.6. The first-order valence-corrected chi connectivity index (χ1v) is 12.6. The fraction of sp³-hybridized carbons (Fsp3) is 0.0800. The summed E-state index contributed by atoms with van der Waals surface area (Å²) in [7, 11) is -2.24. The smallest absolute Gasteiger partial charge is 0.276 e. The summed E-state index contributed by atoms with van der Waals surface area (Å²) in [6, 6.07) is 25.9. The van der Waals surface area contributed by atoms with Gasteiger partial charge in [0.1, 0.15) is 6.61 Å². The van der Waals surface area contributed by atoms with Crippen LogP contribution in [0.4, 0.5) is 0 Å². The monoisotopic (exact) mass is 572 g/mol. The highest BCUT2D eigenvalue weighted by Crippen LogP contribution is 2.28. The molecule has 168 valence electrons. The molecule has 4 aromatic carbocycles. The summed E-state index contributed by atoms with van der Waals surface area (Å²) in [5, 5.41) is 5.73. The van der Waals surface area contributed by atoms with Crippen LogP contribution in [0.1, 0.15) is 11.1 Å². The van der Waals surface area contributed by atoms with Crippen LogP contribution < -0.4 is 14.3 Å². The van der Waals surface area contributed by atoms with Crippen LogP contribution in [0.5, 0.6) is 11.5 Å². The molecule has 0 aliphatic carbocycles. The van der Waals surface area contributed by atoms with Gasteiger partial charge in [-0.25, -0.2) is 4.83 Å². The lowest BCUT2D eigenvalue weighted by Crippen LogP contribution is -2.18. The lowest BCUT2D eigenvalue weighted by molar-refractivity contribution is 0.284. The van der Waals surface area contributed by atoms with E-state index >= 15 is 0 Å². The van der Waals surface area contributed by atoms with E-state index in [9.17, 15) is 8.42 Å². The van der Waals surface area contributed by atoms with Gasteiger partial charge < -0.3 is 9.47 Å². The van der Waals surface area contributed by atoms with Crippen molar-refractivity contribution in [2.45, 2.75) is 11.5 Å². The Morgan fingerprint density at radius 2 is 1.67 bits per heavy atom. The van der Waals surface area contributed by atoms with E-state index in [0.29, 0.717) is 23.7 Å². The number of nitrogens with zero attached hydrogens (tertiary/aromatic N) is 1. The van der Waals surface area contributed by atoms with Gasteiger partial charge in [-0.2, -0.15) is 13.5 Å². The standard InChI is InChI=1S/C25H21IN2O4S/c1-31-25-14-19(8-13-24(25)32-17-18-6-10-22(26)11-7-18)16-27-28-33(29,30)23-12-9-20-4-2-3-5-21(20)15-23/h2-16,28H,17H2,1H3/b27-16-. The van der Waals surface area contributed by atoms with E-state index in [1.807, 2.05) is 48.5 Å². The molecule has 33 heavy (non-hydrogen) atoms. The first-order chi connectivity index (χ1) is 15.9. The molecule has 8 heteroatoms. The summed E-state index contributed by atoms with van der Waals surface area (Å²) >= 11 is 2.26. The van der Waals surface area contributed by atoms with Gasteiger partial charge in [-0.15, -0.1) is 0 Å². The van der Waals surface area contributed by atoms with Crippen molar-refractivity contribution in [1.29, 1.82) is 0 Å². The molecule has 6 nitrogen and oxygen atoms in total. The number of hydrogen-bond acceptors (Lipinski definition) is 5. The molecule has 0 amide bonds. The summed E-state index contributed by atoms with van der Waals surface area (Å²) in [5.74, 6) is 1.12. The van der Waals surface area contributed by atoms with E-state index in [1.54, 1.807) is 43.5 Å². The Labute approximate surface area is 206 Å². The summed E-state index contributed by atoms with van der Waals surface area (Å²) in [6.45, 7) is 0.409. The van der Waals surface area contributed by atoms with Crippen LogP contribution in [-0.4, -0.2) is 21.7 Å². The van der Waals surface area contributed by atoms with Gasteiger partial charge in [0.2, 0.25) is 0 Å². The van der Waals surface area contributed by atoms with Crippen molar-refractivity contribution >= 4 is 49.6 Å². The van der Waals surface area contributed by atoms with Crippen molar-refractivity contribution in [3.05, 3.63) is 99.6 Å². The van der Waals surface area contributed by atoms with Gasteiger partial charge in [-0.3, -0.25) is 0 Å². The Morgan fingerprint density at radius 1 is 0.909 bits per heavy atom. The van der Waals surface area contributed by atoms with Crippen LogP contribution in [0.2, 0.25) is 0 Å². The molecular weight excluding hydrogens is 551 g/mol. The van der Waals surface area contributed by atoms with E-state index in [0.717, 1.165) is 19.9 Å². The number of nitrogens with one attached hydrogen (secondary N) is 1. The second-order valence-corrected chi connectivity index (χ2v) is 10.1. The molecule has 0 aromatic heterocycles. The van der Waals surface area contributed by atoms with Crippen molar-refractivity contribution in [3.63, 3.8) is 0 Å². The number of ether oxygens (including phenoxy) is 2. The van der Waals surface area contributed by atoms with Crippen LogP contribution in [-0.2, 0) is 16.6 Å². The molecule has 1 N–H and O–H groups in total. The normalized spacial score (nSPS) is 11.6. The second kappa shape index (κ2) is 10.2. The van der Waals surface area contributed by atoms with Crippen molar-refractivity contribution in [1.82, 2.24) is 4.83 Å². The fourth-order valence-corrected chi connectivity index (χ4v) is 4.37. The van der Waals surface area contributed by atoms with Gasteiger partial charge in [0.15, 0.2) is 11.5 Å². The maximum absolute atomic E-state index is 12.6. The number of methoxy groups -OCH3 is 1. The SMILES string of the molecule is COc1cc(/C=N\NS(=O)(=O)c2ccc3ccccc3c2)ccc1OCc1ccc(I)cc1. The summed E-state index contributed by atoms with van der Waals surface area (Å²) in [4.78, 5) is 2.41. The zero-order valence-electron chi connectivity index (χ0n) is 17.7. The zero-order chi connectivity index (χ0) is 23.3. The molecule has 0 fully saturated rings. The molecule has 0 radical (unpaired) electrons. The van der Waals surface area contributed by atoms with E-state index in [2.05, 4.69) is 32.5 Å². The first-order valence-electron chi connectivity index (χ1n) is 10.0. The van der Waals surface area contributed by atoms with Gasteiger partial charge in [0, 0.05) is 3.57 Å². The third kappa shape index (κ3) is 5.82. The largest absolute Gasteiger partial charge is 0.493 e. The van der Waals surface area contributed by atoms with Gasteiger partial charge in [-0.1, -0.05) is 42.5 Å². The van der Waals surface area contributed by atoms with Crippen LogP contribution in [0.3, 0.4) is 0 Å². The first kappa shape index (κ1) is 23.1. The van der Waals surface area contributed by atoms with Gasteiger partial charge in [0.05, 0.1) is 18.2 Å². The van der Waals surface area contributed by atoms with E-state index in [4.69, 9.17) is 9.47 Å². The zero-order valence-corrected chi connectivity index (χ0v) is 20.7. The Hall–Kier alpha value is -3.11. The minimum Gasteiger partial charge on any atom is -0.493 e. The molecule has 0 heterocycles. The van der Waals surface area contributed by atoms with E-state index in [-0.39, 0.29) is 4.90 Å². The molecule has 0 aliphatic heterocycles. The Bertz CT molecular complexity index is 1400. The van der Waals surface area contributed by atoms with E-state index in [1.165, 1.54) is 6.21 Å². The molecule has 0 aliphatic rings. The average molecular weight is 572 g/mol. The quantitative estimate of drug-likeness (QED) is 0.176. The number of sulfonamides is 1. The van der Waals surface area contributed by atoms with Gasteiger partial charge in [-0.05, 0) is 87.0 Å². The van der Waals surface area contributed by atoms with E-state index < -0.39 is 10.0 Å². The highest BCUT2D eigenvalue weighted by Gasteiger charge is 2.13. The Kier molecular flexibility index (Phi) is 7.14. The number of benzene rings is 4. The van der Waals surface area contributed by atoms with Crippen molar-refractivity contribution in [3.8, 4) is 11.5 Å². The minimum absolute atomic E-state index is 0.148. The second-order valence-electron chi connectivity index (χ2n) is 7.19. The molecule has 0 bridgehead atoms. The average Bonchev–Trinajstić information content (AvgIpc) is 2.83. The van der Waals surface area contributed by atoms with Crippen LogP contribution in [0, 0.1) is 3.57 Å². The van der Waals surface area contributed by atoms with Crippen LogP contribution >= 0.6 is 22.6 Å². The van der Waals surface area contributed by atoms with Crippen LogP contribution in [0.15, 0.2) is 94.9 Å². The van der Waals surface area contributed by atoms with Gasteiger partial charge >= 0.3 is 0 Å².